The van der Waals surface area contributed by atoms with Crippen molar-refractivity contribution in [2.24, 2.45) is 11.8 Å². The van der Waals surface area contributed by atoms with Crippen LogP contribution in [-0.4, -0.2) is 37.1 Å². The lowest BCUT2D eigenvalue weighted by Crippen LogP contribution is -2.46. The predicted molar refractivity (Wildman–Crippen MR) is 78.9 cm³/mol. The minimum Gasteiger partial charge on any atom is -0.312 e. The van der Waals surface area contributed by atoms with Gasteiger partial charge in [0.25, 0.3) is 0 Å². The third-order valence-electron chi connectivity index (χ3n) is 4.84. The largest absolute Gasteiger partial charge is 0.312 e. The van der Waals surface area contributed by atoms with Crippen molar-refractivity contribution in [2.45, 2.75) is 64.8 Å². The van der Waals surface area contributed by atoms with Crippen LogP contribution in [0.1, 0.15) is 58.8 Å². The van der Waals surface area contributed by atoms with Crippen molar-refractivity contribution in [3.8, 4) is 0 Å². The number of hydrogen-bond acceptors (Lipinski definition) is 2. The number of nitrogens with zero attached hydrogens (tertiary/aromatic N) is 1. The van der Waals surface area contributed by atoms with E-state index in [4.69, 9.17) is 0 Å². The molecule has 106 valence electrons. The summed E-state index contributed by atoms with van der Waals surface area (Å²) in [5.41, 5.74) is 0. The van der Waals surface area contributed by atoms with Crippen molar-refractivity contribution < 1.29 is 0 Å². The molecule has 2 unspecified atom stereocenters. The first-order valence-corrected chi connectivity index (χ1v) is 8.25. The molecule has 1 aliphatic heterocycles. The van der Waals surface area contributed by atoms with Gasteiger partial charge >= 0.3 is 0 Å². The number of likely N-dealkylation sites (tertiary alicyclic amines) is 1. The molecule has 1 N–H and O–H groups in total. The molecule has 2 nitrogen and oxygen atoms in total. The summed E-state index contributed by atoms with van der Waals surface area (Å²) in [6.07, 6.45) is 9.99. The Kier molecular flexibility index (Phi) is 5.97. The van der Waals surface area contributed by atoms with E-state index in [0.29, 0.717) is 0 Å². The van der Waals surface area contributed by atoms with Gasteiger partial charge in [0.15, 0.2) is 0 Å². The third kappa shape index (κ3) is 4.24. The Balaban J connectivity index is 1.83. The molecule has 0 amide bonds. The first-order valence-electron chi connectivity index (χ1n) is 8.25. The van der Waals surface area contributed by atoms with Crippen LogP contribution < -0.4 is 5.32 Å². The van der Waals surface area contributed by atoms with Crippen LogP contribution in [-0.2, 0) is 0 Å². The van der Waals surface area contributed by atoms with Gasteiger partial charge in [-0.3, -0.25) is 0 Å². The lowest BCUT2D eigenvalue weighted by Gasteiger charge is -2.34. The van der Waals surface area contributed by atoms with Crippen LogP contribution in [0, 0.1) is 11.8 Å². The standard InChI is InChI=1S/C16H32N2/c1-3-10-17-16(15-7-5-4-6-8-15)13-18-11-9-14(2)12-18/h14-17H,3-13H2,1-2H3. The molecule has 1 saturated heterocycles. The van der Waals surface area contributed by atoms with Crippen molar-refractivity contribution in [3.05, 3.63) is 0 Å². The van der Waals surface area contributed by atoms with Gasteiger partial charge in [0.1, 0.15) is 0 Å². The third-order valence-corrected chi connectivity index (χ3v) is 4.84. The van der Waals surface area contributed by atoms with E-state index in [9.17, 15) is 0 Å². The summed E-state index contributed by atoms with van der Waals surface area (Å²) in [4.78, 5) is 2.70. The lowest BCUT2D eigenvalue weighted by atomic mass is 9.83. The second-order valence-electron chi connectivity index (χ2n) is 6.61. The summed E-state index contributed by atoms with van der Waals surface area (Å²) in [7, 11) is 0. The Bertz CT molecular complexity index is 223. The van der Waals surface area contributed by atoms with Crippen LogP contribution in [0.4, 0.5) is 0 Å². The molecule has 2 heteroatoms. The number of rotatable bonds is 6. The fourth-order valence-electron chi connectivity index (χ4n) is 3.72. The number of nitrogens with one attached hydrogen (secondary N) is 1. The van der Waals surface area contributed by atoms with Crippen molar-refractivity contribution in [2.75, 3.05) is 26.2 Å². The first kappa shape index (κ1) is 14.3. The van der Waals surface area contributed by atoms with Crippen LogP contribution in [0.2, 0.25) is 0 Å². The average Bonchev–Trinajstić information content (AvgIpc) is 2.81. The van der Waals surface area contributed by atoms with Gasteiger partial charge in [0.05, 0.1) is 0 Å². The van der Waals surface area contributed by atoms with Crippen LogP contribution in [0.3, 0.4) is 0 Å². The molecular formula is C16H32N2. The van der Waals surface area contributed by atoms with Gasteiger partial charge in [-0.15, -0.1) is 0 Å². The molecule has 0 aromatic heterocycles. The number of hydrogen-bond donors (Lipinski definition) is 1. The molecule has 0 aromatic rings. The van der Waals surface area contributed by atoms with Gasteiger partial charge in [0.2, 0.25) is 0 Å². The summed E-state index contributed by atoms with van der Waals surface area (Å²) in [5.74, 6) is 1.87. The monoisotopic (exact) mass is 252 g/mol. The van der Waals surface area contributed by atoms with Crippen molar-refractivity contribution in [1.82, 2.24) is 10.2 Å². The van der Waals surface area contributed by atoms with E-state index in [-0.39, 0.29) is 0 Å². The Hall–Kier alpha value is -0.0800. The fraction of sp³-hybridized carbons (Fsp3) is 1.00. The maximum absolute atomic E-state index is 3.84. The molecule has 2 atom stereocenters. The van der Waals surface area contributed by atoms with E-state index in [2.05, 4.69) is 24.1 Å². The van der Waals surface area contributed by atoms with E-state index in [1.165, 1.54) is 71.1 Å². The zero-order valence-electron chi connectivity index (χ0n) is 12.5. The Morgan fingerprint density at radius 2 is 1.94 bits per heavy atom. The summed E-state index contributed by atoms with van der Waals surface area (Å²) >= 11 is 0. The molecule has 18 heavy (non-hydrogen) atoms. The molecular weight excluding hydrogens is 220 g/mol. The van der Waals surface area contributed by atoms with Gasteiger partial charge < -0.3 is 10.2 Å². The molecule has 2 aliphatic rings. The van der Waals surface area contributed by atoms with Crippen molar-refractivity contribution in [1.29, 1.82) is 0 Å². The van der Waals surface area contributed by atoms with E-state index >= 15 is 0 Å². The van der Waals surface area contributed by atoms with Crippen molar-refractivity contribution >= 4 is 0 Å². The fourth-order valence-corrected chi connectivity index (χ4v) is 3.72. The quantitative estimate of drug-likeness (QED) is 0.780. The highest BCUT2D eigenvalue weighted by Crippen LogP contribution is 2.28. The maximum Gasteiger partial charge on any atom is 0.0223 e. The zero-order valence-corrected chi connectivity index (χ0v) is 12.5. The second kappa shape index (κ2) is 7.49. The van der Waals surface area contributed by atoms with E-state index in [1.54, 1.807) is 0 Å². The minimum atomic E-state index is 0.760. The average molecular weight is 252 g/mol. The van der Waals surface area contributed by atoms with Crippen LogP contribution in [0.15, 0.2) is 0 Å². The van der Waals surface area contributed by atoms with Crippen LogP contribution in [0.25, 0.3) is 0 Å². The van der Waals surface area contributed by atoms with Gasteiger partial charge in [0, 0.05) is 19.1 Å². The molecule has 1 heterocycles. The lowest BCUT2D eigenvalue weighted by molar-refractivity contribution is 0.202. The minimum absolute atomic E-state index is 0.760. The predicted octanol–water partition coefficient (Wildman–Crippen LogP) is 3.28. The molecule has 0 bridgehead atoms. The zero-order chi connectivity index (χ0) is 12.8. The topological polar surface area (TPSA) is 15.3 Å². The highest BCUT2D eigenvalue weighted by Gasteiger charge is 2.27. The van der Waals surface area contributed by atoms with Crippen LogP contribution >= 0.6 is 0 Å². The molecule has 2 fully saturated rings. The highest BCUT2D eigenvalue weighted by molar-refractivity contribution is 4.84. The molecule has 0 radical (unpaired) electrons. The molecule has 0 aromatic carbocycles. The summed E-state index contributed by atoms with van der Waals surface area (Å²) < 4.78 is 0. The molecule has 0 spiro atoms. The first-order chi connectivity index (χ1) is 8.79. The van der Waals surface area contributed by atoms with E-state index < -0.39 is 0 Å². The van der Waals surface area contributed by atoms with Gasteiger partial charge in [-0.25, -0.2) is 0 Å². The Labute approximate surface area is 114 Å². The smallest absolute Gasteiger partial charge is 0.0223 e. The SMILES string of the molecule is CCCNC(CN1CCC(C)C1)C1CCCCC1. The molecule has 2 rings (SSSR count). The normalized spacial score (nSPS) is 28.7. The van der Waals surface area contributed by atoms with Gasteiger partial charge in [-0.2, -0.15) is 0 Å². The summed E-state index contributed by atoms with van der Waals surface area (Å²) in [5, 5.41) is 3.84. The Morgan fingerprint density at radius 3 is 2.56 bits per heavy atom. The molecule has 1 aliphatic carbocycles. The summed E-state index contributed by atoms with van der Waals surface area (Å²) in [6, 6.07) is 0.760. The van der Waals surface area contributed by atoms with Gasteiger partial charge in [-0.05, 0) is 50.6 Å². The van der Waals surface area contributed by atoms with Gasteiger partial charge in [-0.1, -0.05) is 33.1 Å². The molecule has 1 saturated carbocycles. The van der Waals surface area contributed by atoms with Crippen molar-refractivity contribution in [3.63, 3.8) is 0 Å². The van der Waals surface area contributed by atoms with E-state index in [0.717, 1.165) is 17.9 Å². The van der Waals surface area contributed by atoms with Crippen LogP contribution in [0.5, 0.6) is 0 Å². The summed E-state index contributed by atoms with van der Waals surface area (Å²) in [6.45, 7) is 9.84. The second-order valence-corrected chi connectivity index (χ2v) is 6.61. The maximum atomic E-state index is 3.84. The Morgan fingerprint density at radius 1 is 1.17 bits per heavy atom. The highest BCUT2D eigenvalue weighted by atomic mass is 15.2. The van der Waals surface area contributed by atoms with E-state index in [1.807, 2.05) is 0 Å².